The molecule has 0 heterocycles. The van der Waals surface area contributed by atoms with E-state index in [1.807, 2.05) is 6.07 Å². The number of fused-ring (bicyclic) bond motifs is 1. The maximum atomic E-state index is 11.7. The Bertz CT molecular complexity index is 552. The Balaban J connectivity index is 1.60. The first-order chi connectivity index (χ1) is 10.1. The van der Waals surface area contributed by atoms with Crippen molar-refractivity contribution < 1.29 is 9.90 Å². The molecule has 0 spiro atoms. The molecule has 1 amide bonds. The van der Waals surface area contributed by atoms with Crippen LogP contribution in [0.2, 0.25) is 0 Å². The van der Waals surface area contributed by atoms with Gasteiger partial charge in [-0.3, -0.25) is 4.79 Å². The van der Waals surface area contributed by atoms with Gasteiger partial charge in [0.2, 0.25) is 5.91 Å². The summed E-state index contributed by atoms with van der Waals surface area (Å²) in [6, 6.07) is 4.34. The molecule has 0 radical (unpaired) electrons. The fourth-order valence-corrected chi connectivity index (χ4v) is 3.42. The summed E-state index contributed by atoms with van der Waals surface area (Å²) >= 11 is 0. The average Bonchev–Trinajstić information content (AvgIpc) is 3.17. The largest absolute Gasteiger partial charge is 0.508 e. The molecular formula is C17H24N2O2. The molecule has 1 aromatic carbocycles. The Morgan fingerprint density at radius 2 is 2.10 bits per heavy atom. The lowest BCUT2D eigenvalue weighted by molar-refractivity contribution is -0.121. The van der Waals surface area contributed by atoms with E-state index >= 15 is 0 Å². The number of carbonyl (C=O) groups is 1. The molecule has 3 N–H and O–H groups in total. The first-order valence-corrected chi connectivity index (χ1v) is 7.91. The van der Waals surface area contributed by atoms with Gasteiger partial charge in [0, 0.05) is 30.6 Å². The second-order valence-electron chi connectivity index (χ2n) is 6.46. The van der Waals surface area contributed by atoms with E-state index in [9.17, 15) is 9.90 Å². The predicted octanol–water partition coefficient (Wildman–Crippen LogP) is 2.51. The molecule has 0 saturated heterocycles. The molecule has 21 heavy (non-hydrogen) atoms. The lowest BCUT2D eigenvalue weighted by Crippen LogP contribution is -2.30. The van der Waals surface area contributed by atoms with Crippen molar-refractivity contribution in [3.63, 3.8) is 0 Å². The van der Waals surface area contributed by atoms with Crippen molar-refractivity contribution >= 4 is 5.91 Å². The van der Waals surface area contributed by atoms with E-state index in [0.29, 0.717) is 30.7 Å². The van der Waals surface area contributed by atoms with Crippen LogP contribution in [0.3, 0.4) is 0 Å². The smallest absolute Gasteiger partial charge is 0.221 e. The predicted molar refractivity (Wildman–Crippen MR) is 82.4 cm³/mol. The Kier molecular flexibility index (Phi) is 3.89. The van der Waals surface area contributed by atoms with Crippen LogP contribution in [0.25, 0.3) is 0 Å². The highest BCUT2D eigenvalue weighted by Gasteiger charge is 2.32. The van der Waals surface area contributed by atoms with Crippen LogP contribution in [-0.4, -0.2) is 23.6 Å². The van der Waals surface area contributed by atoms with Gasteiger partial charge in [0.05, 0.1) is 0 Å². The van der Waals surface area contributed by atoms with Gasteiger partial charge in [-0.25, -0.2) is 0 Å². The molecule has 1 fully saturated rings. The number of benzene rings is 1. The quantitative estimate of drug-likeness (QED) is 0.780. The number of aromatic hydroxyl groups is 1. The van der Waals surface area contributed by atoms with Gasteiger partial charge < -0.3 is 15.7 Å². The van der Waals surface area contributed by atoms with E-state index in [1.165, 1.54) is 11.1 Å². The highest BCUT2D eigenvalue weighted by atomic mass is 16.3. The summed E-state index contributed by atoms with van der Waals surface area (Å²) in [5.74, 6) is 0.953. The van der Waals surface area contributed by atoms with E-state index < -0.39 is 0 Å². The monoisotopic (exact) mass is 288 g/mol. The molecule has 114 valence electrons. The highest BCUT2D eigenvalue weighted by Crippen LogP contribution is 2.45. The topological polar surface area (TPSA) is 61.4 Å². The zero-order chi connectivity index (χ0) is 15.0. The molecule has 0 aromatic heterocycles. The summed E-state index contributed by atoms with van der Waals surface area (Å²) in [5.41, 5.74) is 3.55. The van der Waals surface area contributed by atoms with E-state index in [4.69, 9.17) is 0 Å². The Labute approximate surface area is 125 Å². The van der Waals surface area contributed by atoms with Gasteiger partial charge in [-0.2, -0.15) is 0 Å². The Morgan fingerprint density at radius 3 is 2.81 bits per heavy atom. The van der Waals surface area contributed by atoms with Crippen LogP contribution in [0.5, 0.6) is 5.75 Å². The standard InChI is InChI=1S/C17H24N2O2/c1-10-3-6-14(20)17-13(9-11(2)16(10)17)18-8-7-15(21)19-12-4-5-12/h3,6,11-13,18,20H,4-5,7-9H2,1-2H3,(H,19,21). The van der Waals surface area contributed by atoms with Crippen LogP contribution >= 0.6 is 0 Å². The van der Waals surface area contributed by atoms with Gasteiger partial charge in [0.15, 0.2) is 0 Å². The van der Waals surface area contributed by atoms with Crippen LogP contribution in [0, 0.1) is 6.92 Å². The van der Waals surface area contributed by atoms with E-state index in [1.54, 1.807) is 6.07 Å². The summed E-state index contributed by atoms with van der Waals surface area (Å²) in [4.78, 5) is 11.7. The first-order valence-electron chi connectivity index (χ1n) is 7.91. The third-order valence-corrected chi connectivity index (χ3v) is 4.60. The van der Waals surface area contributed by atoms with Gasteiger partial charge in [-0.1, -0.05) is 13.0 Å². The van der Waals surface area contributed by atoms with E-state index in [0.717, 1.165) is 24.8 Å². The molecule has 4 nitrogen and oxygen atoms in total. The van der Waals surface area contributed by atoms with Crippen LogP contribution in [-0.2, 0) is 4.79 Å². The summed E-state index contributed by atoms with van der Waals surface area (Å²) < 4.78 is 0. The summed E-state index contributed by atoms with van der Waals surface area (Å²) in [7, 11) is 0. The normalized spacial score (nSPS) is 23.9. The number of aryl methyl sites for hydroxylation is 1. The van der Waals surface area contributed by atoms with Gasteiger partial charge in [-0.05, 0) is 49.3 Å². The van der Waals surface area contributed by atoms with Crippen molar-refractivity contribution in [2.24, 2.45) is 0 Å². The molecule has 3 rings (SSSR count). The minimum Gasteiger partial charge on any atom is -0.508 e. The summed E-state index contributed by atoms with van der Waals surface area (Å²) in [5, 5.41) is 16.6. The SMILES string of the molecule is Cc1ccc(O)c2c1C(C)CC2NCCC(=O)NC1CC1. The number of phenolic OH excluding ortho intramolecular Hbond substituents is 1. The van der Waals surface area contributed by atoms with Crippen molar-refractivity contribution in [2.45, 2.75) is 57.5 Å². The van der Waals surface area contributed by atoms with Crippen molar-refractivity contribution in [2.75, 3.05) is 6.54 Å². The highest BCUT2D eigenvalue weighted by molar-refractivity contribution is 5.76. The minimum atomic E-state index is 0.129. The molecular weight excluding hydrogens is 264 g/mol. The molecule has 1 aromatic rings. The number of phenols is 1. The van der Waals surface area contributed by atoms with Gasteiger partial charge >= 0.3 is 0 Å². The summed E-state index contributed by atoms with van der Waals surface area (Å²) in [6.07, 6.45) is 3.74. The maximum absolute atomic E-state index is 11.7. The molecule has 1 saturated carbocycles. The number of hydrogen-bond donors (Lipinski definition) is 3. The molecule has 2 atom stereocenters. The number of carbonyl (C=O) groups excluding carboxylic acids is 1. The Morgan fingerprint density at radius 1 is 1.33 bits per heavy atom. The number of nitrogens with one attached hydrogen (secondary N) is 2. The maximum Gasteiger partial charge on any atom is 0.221 e. The van der Waals surface area contributed by atoms with Crippen molar-refractivity contribution in [3.8, 4) is 5.75 Å². The van der Waals surface area contributed by atoms with Crippen LogP contribution in [0.4, 0.5) is 0 Å². The molecule has 4 heteroatoms. The second kappa shape index (κ2) is 5.68. The fourth-order valence-electron chi connectivity index (χ4n) is 3.42. The van der Waals surface area contributed by atoms with E-state index in [2.05, 4.69) is 24.5 Å². The molecule has 0 aliphatic heterocycles. The zero-order valence-electron chi connectivity index (χ0n) is 12.8. The molecule has 2 aliphatic carbocycles. The zero-order valence-corrected chi connectivity index (χ0v) is 12.8. The lowest BCUT2D eigenvalue weighted by Gasteiger charge is -2.15. The van der Waals surface area contributed by atoms with Crippen molar-refractivity contribution in [3.05, 3.63) is 28.8 Å². The second-order valence-corrected chi connectivity index (χ2v) is 6.46. The summed E-state index contributed by atoms with van der Waals surface area (Å²) in [6.45, 7) is 4.95. The van der Waals surface area contributed by atoms with Crippen LogP contribution in [0.1, 0.15) is 61.3 Å². The minimum absolute atomic E-state index is 0.129. The number of hydrogen-bond acceptors (Lipinski definition) is 3. The molecule has 2 aliphatic rings. The fraction of sp³-hybridized carbons (Fsp3) is 0.588. The van der Waals surface area contributed by atoms with Gasteiger partial charge in [-0.15, -0.1) is 0 Å². The van der Waals surface area contributed by atoms with Crippen molar-refractivity contribution in [1.29, 1.82) is 0 Å². The van der Waals surface area contributed by atoms with Crippen LogP contribution < -0.4 is 10.6 Å². The molecule has 2 unspecified atom stereocenters. The van der Waals surface area contributed by atoms with Gasteiger partial charge in [0.1, 0.15) is 5.75 Å². The van der Waals surface area contributed by atoms with Crippen LogP contribution in [0.15, 0.2) is 12.1 Å². The third kappa shape index (κ3) is 3.05. The van der Waals surface area contributed by atoms with E-state index in [-0.39, 0.29) is 11.9 Å². The van der Waals surface area contributed by atoms with Crippen molar-refractivity contribution in [1.82, 2.24) is 10.6 Å². The van der Waals surface area contributed by atoms with Gasteiger partial charge in [0.25, 0.3) is 0 Å². The number of amides is 1. The third-order valence-electron chi connectivity index (χ3n) is 4.60. The lowest BCUT2D eigenvalue weighted by atomic mass is 9.97. The Hall–Kier alpha value is -1.55. The first kappa shape index (κ1) is 14.4. The number of rotatable bonds is 5. The average molecular weight is 288 g/mol. The molecule has 0 bridgehead atoms.